The van der Waals surface area contributed by atoms with Crippen molar-refractivity contribution in [3.8, 4) is 5.75 Å². The molecule has 1 aromatic carbocycles. The third kappa shape index (κ3) is 5.44. The normalized spacial score (nSPS) is 9.84. The minimum atomic E-state index is -0.271. The summed E-state index contributed by atoms with van der Waals surface area (Å²) in [6.45, 7) is 5.39. The van der Waals surface area contributed by atoms with E-state index in [-0.39, 0.29) is 12.5 Å². The maximum atomic E-state index is 11.7. The Balaban J connectivity index is 2.39. The summed E-state index contributed by atoms with van der Waals surface area (Å²) < 4.78 is 5.32. The van der Waals surface area contributed by atoms with Crippen molar-refractivity contribution in [3.05, 3.63) is 29.3 Å². The second kappa shape index (κ2) is 7.96. The van der Waals surface area contributed by atoms with Crippen molar-refractivity contribution < 1.29 is 9.53 Å². The Bertz CT molecular complexity index is 433. The molecule has 1 amide bonds. The Morgan fingerprint density at radius 1 is 1.32 bits per heavy atom. The van der Waals surface area contributed by atoms with Gasteiger partial charge in [0.15, 0.2) is 11.7 Å². The van der Waals surface area contributed by atoms with Crippen LogP contribution >= 0.6 is 23.8 Å². The first-order valence-electron chi connectivity index (χ1n) is 6.04. The molecule has 0 saturated carbocycles. The van der Waals surface area contributed by atoms with Crippen LogP contribution in [0.5, 0.6) is 5.75 Å². The van der Waals surface area contributed by atoms with E-state index in [1.165, 1.54) is 0 Å². The van der Waals surface area contributed by atoms with Crippen LogP contribution in [-0.2, 0) is 4.79 Å². The van der Waals surface area contributed by atoms with Gasteiger partial charge in [0.05, 0.1) is 0 Å². The quantitative estimate of drug-likeness (QED) is 0.848. The van der Waals surface area contributed by atoms with Gasteiger partial charge in [-0.25, -0.2) is 0 Å². The van der Waals surface area contributed by atoms with Crippen molar-refractivity contribution >= 4 is 34.8 Å². The molecule has 19 heavy (non-hydrogen) atoms. The van der Waals surface area contributed by atoms with E-state index < -0.39 is 0 Å². The molecule has 0 aliphatic carbocycles. The first-order chi connectivity index (χ1) is 9.06. The van der Waals surface area contributed by atoms with E-state index in [1.54, 1.807) is 24.3 Å². The molecule has 1 aromatic rings. The van der Waals surface area contributed by atoms with Crippen LogP contribution in [0.4, 0.5) is 0 Å². The van der Waals surface area contributed by atoms with Crippen molar-refractivity contribution in [3.63, 3.8) is 0 Å². The molecule has 0 saturated heterocycles. The fourth-order valence-electron chi connectivity index (χ4n) is 1.42. The van der Waals surface area contributed by atoms with Crippen LogP contribution in [0.25, 0.3) is 0 Å². The molecule has 0 unspecified atom stereocenters. The number of thiocarbonyl (C=S) groups is 1. The summed E-state index contributed by atoms with van der Waals surface area (Å²) in [5.74, 6) is 0.320. The van der Waals surface area contributed by atoms with Crippen LogP contribution in [0.15, 0.2) is 24.3 Å². The molecule has 0 bridgehead atoms. The van der Waals surface area contributed by atoms with Crippen molar-refractivity contribution in [2.24, 2.45) is 0 Å². The van der Waals surface area contributed by atoms with E-state index in [4.69, 9.17) is 28.6 Å². The summed E-state index contributed by atoms with van der Waals surface area (Å²) in [6.07, 6.45) is 0. The minimum absolute atomic E-state index is 0.0803. The summed E-state index contributed by atoms with van der Waals surface area (Å²) in [5, 5.41) is 3.68. The molecule has 1 rings (SSSR count). The van der Waals surface area contributed by atoms with E-state index in [0.29, 0.717) is 15.9 Å². The van der Waals surface area contributed by atoms with Gasteiger partial charge in [-0.15, -0.1) is 0 Å². The molecule has 6 heteroatoms. The van der Waals surface area contributed by atoms with Gasteiger partial charge in [-0.1, -0.05) is 11.6 Å². The number of nitrogens with one attached hydrogen (secondary N) is 1. The van der Waals surface area contributed by atoms with Gasteiger partial charge in [0, 0.05) is 18.1 Å². The van der Waals surface area contributed by atoms with Crippen LogP contribution in [-0.4, -0.2) is 35.6 Å². The monoisotopic (exact) mass is 300 g/mol. The highest BCUT2D eigenvalue weighted by molar-refractivity contribution is 7.80. The molecule has 0 aliphatic rings. The number of ether oxygens (including phenoxy) is 1. The maximum absolute atomic E-state index is 11.7. The lowest BCUT2D eigenvalue weighted by atomic mass is 10.3. The van der Waals surface area contributed by atoms with Gasteiger partial charge in [0.2, 0.25) is 0 Å². The van der Waals surface area contributed by atoms with Crippen LogP contribution < -0.4 is 10.1 Å². The lowest BCUT2D eigenvalue weighted by molar-refractivity contribution is -0.121. The van der Waals surface area contributed by atoms with Crippen LogP contribution in [0.3, 0.4) is 0 Å². The van der Waals surface area contributed by atoms with E-state index in [2.05, 4.69) is 5.32 Å². The largest absolute Gasteiger partial charge is 0.484 e. The average Bonchev–Trinajstić information content (AvgIpc) is 2.39. The summed E-state index contributed by atoms with van der Waals surface area (Å²) >= 11 is 10.9. The van der Waals surface area contributed by atoms with Crippen molar-refractivity contribution in [1.82, 2.24) is 10.2 Å². The SMILES string of the molecule is CCN(CC)C(=S)NC(=O)COc1ccc(Cl)cc1. The second-order valence-corrected chi connectivity index (χ2v) is 4.59. The number of carbonyl (C=O) groups excluding carboxylic acids is 1. The fourth-order valence-corrected chi connectivity index (χ4v) is 1.92. The zero-order chi connectivity index (χ0) is 14.3. The summed E-state index contributed by atoms with van der Waals surface area (Å²) in [6, 6.07) is 6.82. The summed E-state index contributed by atoms with van der Waals surface area (Å²) in [5.41, 5.74) is 0. The lowest BCUT2D eigenvalue weighted by Gasteiger charge is -2.21. The highest BCUT2D eigenvalue weighted by atomic mass is 35.5. The Labute approximate surface area is 123 Å². The molecule has 1 N–H and O–H groups in total. The van der Waals surface area contributed by atoms with E-state index in [9.17, 15) is 4.79 Å². The molecule has 0 atom stereocenters. The Hall–Kier alpha value is -1.33. The number of nitrogens with zero attached hydrogens (tertiary/aromatic N) is 1. The number of hydrogen-bond donors (Lipinski definition) is 1. The fraction of sp³-hybridized carbons (Fsp3) is 0.385. The number of halogens is 1. The summed E-state index contributed by atoms with van der Waals surface area (Å²) in [4.78, 5) is 13.5. The number of hydrogen-bond acceptors (Lipinski definition) is 3. The standard InChI is InChI=1S/C13H17ClN2O2S/c1-3-16(4-2)13(19)15-12(17)9-18-11-7-5-10(14)6-8-11/h5-8H,3-4,9H2,1-2H3,(H,15,17,19). The Kier molecular flexibility index (Phi) is 6.59. The maximum Gasteiger partial charge on any atom is 0.264 e. The van der Waals surface area contributed by atoms with Gasteiger partial charge in [0.25, 0.3) is 5.91 Å². The van der Waals surface area contributed by atoms with Crippen molar-refractivity contribution in [2.75, 3.05) is 19.7 Å². The van der Waals surface area contributed by atoms with Gasteiger partial charge < -0.3 is 15.0 Å². The molecule has 4 nitrogen and oxygen atoms in total. The first kappa shape index (κ1) is 15.7. The number of rotatable bonds is 5. The highest BCUT2D eigenvalue weighted by Gasteiger charge is 2.09. The molecule has 0 aliphatic heterocycles. The van der Waals surface area contributed by atoms with Crippen molar-refractivity contribution in [2.45, 2.75) is 13.8 Å². The van der Waals surface area contributed by atoms with Crippen LogP contribution in [0.2, 0.25) is 5.02 Å². The van der Waals surface area contributed by atoms with Crippen LogP contribution in [0, 0.1) is 0 Å². The van der Waals surface area contributed by atoms with E-state index >= 15 is 0 Å². The highest BCUT2D eigenvalue weighted by Crippen LogP contribution is 2.15. The van der Waals surface area contributed by atoms with E-state index in [1.807, 2.05) is 18.7 Å². The summed E-state index contributed by atoms with van der Waals surface area (Å²) in [7, 11) is 0. The zero-order valence-corrected chi connectivity index (χ0v) is 12.6. The third-order valence-electron chi connectivity index (χ3n) is 2.48. The third-order valence-corrected chi connectivity index (χ3v) is 3.09. The predicted molar refractivity (Wildman–Crippen MR) is 80.6 cm³/mol. The number of amides is 1. The van der Waals surface area contributed by atoms with Crippen molar-refractivity contribution in [1.29, 1.82) is 0 Å². The van der Waals surface area contributed by atoms with Gasteiger partial charge in [-0.2, -0.15) is 0 Å². The van der Waals surface area contributed by atoms with Gasteiger partial charge in [0.1, 0.15) is 5.75 Å². The molecule has 0 radical (unpaired) electrons. The Morgan fingerprint density at radius 3 is 2.42 bits per heavy atom. The molecule has 0 spiro atoms. The lowest BCUT2D eigenvalue weighted by Crippen LogP contribution is -2.44. The molecule has 0 fully saturated rings. The zero-order valence-electron chi connectivity index (χ0n) is 11.0. The predicted octanol–water partition coefficient (Wildman–Crippen LogP) is 2.46. The first-order valence-corrected chi connectivity index (χ1v) is 6.82. The Morgan fingerprint density at radius 2 is 1.89 bits per heavy atom. The smallest absolute Gasteiger partial charge is 0.264 e. The number of carbonyl (C=O) groups is 1. The number of benzene rings is 1. The van der Waals surface area contributed by atoms with Gasteiger partial charge >= 0.3 is 0 Å². The topological polar surface area (TPSA) is 41.6 Å². The second-order valence-electron chi connectivity index (χ2n) is 3.77. The van der Waals surface area contributed by atoms with Gasteiger partial charge in [-0.05, 0) is 50.3 Å². The van der Waals surface area contributed by atoms with Crippen LogP contribution in [0.1, 0.15) is 13.8 Å². The average molecular weight is 301 g/mol. The minimum Gasteiger partial charge on any atom is -0.484 e. The van der Waals surface area contributed by atoms with Gasteiger partial charge in [-0.3, -0.25) is 4.79 Å². The molecule has 0 aromatic heterocycles. The molecule has 0 heterocycles. The molecule has 104 valence electrons. The molecular formula is C13H17ClN2O2S. The van der Waals surface area contributed by atoms with E-state index in [0.717, 1.165) is 13.1 Å². The molecular weight excluding hydrogens is 284 g/mol.